The molecular weight excluding hydrogens is 232 g/mol. The molecule has 0 aliphatic heterocycles. The van der Waals surface area contributed by atoms with Crippen molar-refractivity contribution in [3.63, 3.8) is 0 Å². The van der Waals surface area contributed by atoms with E-state index in [1.807, 2.05) is 19.1 Å². The molecule has 1 aromatic heterocycles. The highest BCUT2D eigenvalue weighted by Gasteiger charge is 2.02. The van der Waals surface area contributed by atoms with Gasteiger partial charge >= 0.3 is 0 Å². The largest absolute Gasteiger partial charge is 0.494 e. The Morgan fingerprint density at radius 1 is 1.28 bits per heavy atom. The van der Waals surface area contributed by atoms with Crippen LogP contribution in [0.25, 0.3) is 0 Å². The number of benzene rings is 1. The van der Waals surface area contributed by atoms with E-state index in [-0.39, 0.29) is 11.4 Å². The van der Waals surface area contributed by atoms with Crippen molar-refractivity contribution in [3.05, 3.63) is 46.5 Å². The minimum atomic E-state index is -0.238. The molecule has 94 valence electrons. The van der Waals surface area contributed by atoms with Crippen LogP contribution in [0.3, 0.4) is 0 Å². The number of nitrogens with one attached hydrogen (secondary N) is 1. The van der Waals surface area contributed by atoms with Crippen molar-refractivity contribution < 1.29 is 9.47 Å². The highest BCUT2D eigenvalue weighted by molar-refractivity contribution is 5.35. The van der Waals surface area contributed by atoms with E-state index in [0.717, 1.165) is 5.75 Å². The number of hydrogen-bond acceptors (Lipinski definition) is 4. The summed E-state index contributed by atoms with van der Waals surface area (Å²) >= 11 is 0. The molecule has 5 heteroatoms. The Kier molecular flexibility index (Phi) is 3.62. The van der Waals surface area contributed by atoms with Crippen molar-refractivity contribution in [2.75, 3.05) is 6.61 Å². The summed E-state index contributed by atoms with van der Waals surface area (Å²) in [7, 11) is 0. The lowest BCUT2D eigenvalue weighted by Gasteiger charge is -2.07. The molecule has 0 saturated carbocycles. The zero-order valence-corrected chi connectivity index (χ0v) is 10.3. The Hall–Kier alpha value is -2.30. The summed E-state index contributed by atoms with van der Waals surface area (Å²) in [6, 6.07) is 8.50. The lowest BCUT2D eigenvalue weighted by Crippen LogP contribution is -2.08. The van der Waals surface area contributed by atoms with Crippen molar-refractivity contribution in [1.29, 1.82) is 0 Å². The predicted octanol–water partition coefficient (Wildman–Crippen LogP) is 2.27. The monoisotopic (exact) mass is 246 g/mol. The molecule has 1 N–H and O–H groups in total. The van der Waals surface area contributed by atoms with E-state index in [0.29, 0.717) is 18.2 Å². The van der Waals surface area contributed by atoms with Gasteiger partial charge in [0.05, 0.1) is 12.7 Å². The quantitative estimate of drug-likeness (QED) is 0.898. The number of aromatic amines is 1. The molecular formula is C13H14N2O3. The van der Waals surface area contributed by atoms with Gasteiger partial charge in [0.2, 0.25) is 5.88 Å². The number of nitrogens with zero attached hydrogens (tertiary/aromatic N) is 1. The molecule has 1 heterocycles. The van der Waals surface area contributed by atoms with Crippen molar-refractivity contribution in [3.8, 4) is 17.4 Å². The van der Waals surface area contributed by atoms with E-state index in [2.05, 4.69) is 9.97 Å². The van der Waals surface area contributed by atoms with Gasteiger partial charge in [-0.3, -0.25) is 4.79 Å². The van der Waals surface area contributed by atoms with Crippen LogP contribution in [0, 0.1) is 6.92 Å². The smallest absolute Gasteiger partial charge is 0.254 e. The first-order valence-electron chi connectivity index (χ1n) is 5.66. The molecule has 0 amide bonds. The van der Waals surface area contributed by atoms with E-state index in [1.165, 1.54) is 6.07 Å². The molecule has 0 fully saturated rings. The van der Waals surface area contributed by atoms with Gasteiger partial charge in [0, 0.05) is 6.07 Å². The molecule has 2 aromatic rings. The van der Waals surface area contributed by atoms with Crippen LogP contribution in [0.4, 0.5) is 0 Å². The first-order chi connectivity index (χ1) is 8.67. The van der Waals surface area contributed by atoms with Crippen LogP contribution in [0.5, 0.6) is 17.4 Å². The van der Waals surface area contributed by atoms with Gasteiger partial charge in [-0.2, -0.15) is 0 Å². The third-order valence-electron chi connectivity index (χ3n) is 2.18. The molecule has 18 heavy (non-hydrogen) atoms. The van der Waals surface area contributed by atoms with Crippen LogP contribution in [-0.4, -0.2) is 16.6 Å². The SMILES string of the molecule is CCOc1cccc(Oc2cc(=O)[nH]c(C)n2)c1. The van der Waals surface area contributed by atoms with Crippen LogP contribution in [0.1, 0.15) is 12.7 Å². The van der Waals surface area contributed by atoms with Gasteiger partial charge in [0.25, 0.3) is 5.56 Å². The molecule has 0 saturated heterocycles. The van der Waals surface area contributed by atoms with Gasteiger partial charge in [-0.1, -0.05) is 6.07 Å². The van der Waals surface area contributed by atoms with Crippen LogP contribution in [-0.2, 0) is 0 Å². The fourth-order valence-corrected chi connectivity index (χ4v) is 1.52. The standard InChI is InChI=1S/C13H14N2O3/c1-3-17-10-5-4-6-11(7-10)18-13-8-12(16)14-9(2)15-13/h4-8H,3H2,1-2H3,(H,14,15,16). The zero-order valence-electron chi connectivity index (χ0n) is 10.3. The summed E-state index contributed by atoms with van der Waals surface area (Å²) in [5.41, 5.74) is -0.238. The molecule has 0 bridgehead atoms. The molecule has 1 aromatic carbocycles. The predicted molar refractivity (Wildman–Crippen MR) is 67.3 cm³/mol. The van der Waals surface area contributed by atoms with Gasteiger partial charge in [-0.25, -0.2) is 4.98 Å². The Morgan fingerprint density at radius 3 is 2.78 bits per heavy atom. The minimum Gasteiger partial charge on any atom is -0.494 e. The second kappa shape index (κ2) is 5.35. The Balaban J connectivity index is 2.22. The highest BCUT2D eigenvalue weighted by Crippen LogP contribution is 2.23. The first kappa shape index (κ1) is 12.2. The minimum absolute atomic E-state index is 0.238. The molecule has 0 unspecified atom stereocenters. The fraction of sp³-hybridized carbons (Fsp3) is 0.231. The third kappa shape index (κ3) is 3.10. The number of aromatic nitrogens is 2. The van der Waals surface area contributed by atoms with Crippen molar-refractivity contribution in [2.45, 2.75) is 13.8 Å². The number of H-pyrrole nitrogens is 1. The van der Waals surface area contributed by atoms with E-state index in [4.69, 9.17) is 9.47 Å². The number of ether oxygens (including phenoxy) is 2. The molecule has 0 spiro atoms. The van der Waals surface area contributed by atoms with Crippen molar-refractivity contribution in [1.82, 2.24) is 9.97 Å². The average molecular weight is 246 g/mol. The van der Waals surface area contributed by atoms with Gasteiger partial charge in [0.1, 0.15) is 17.3 Å². The Bertz CT molecular complexity index is 593. The molecule has 0 aliphatic carbocycles. The number of aryl methyl sites for hydroxylation is 1. The number of hydrogen-bond donors (Lipinski definition) is 1. The second-order valence-electron chi connectivity index (χ2n) is 3.68. The molecule has 2 rings (SSSR count). The summed E-state index contributed by atoms with van der Waals surface area (Å²) in [5.74, 6) is 2.08. The van der Waals surface area contributed by atoms with Crippen LogP contribution >= 0.6 is 0 Å². The molecule has 5 nitrogen and oxygen atoms in total. The van der Waals surface area contributed by atoms with E-state index in [1.54, 1.807) is 19.1 Å². The summed E-state index contributed by atoms with van der Waals surface area (Å²) in [4.78, 5) is 17.9. The van der Waals surface area contributed by atoms with E-state index < -0.39 is 0 Å². The maximum absolute atomic E-state index is 11.3. The van der Waals surface area contributed by atoms with Gasteiger partial charge in [-0.15, -0.1) is 0 Å². The topological polar surface area (TPSA) is 64.2 Å². The summed E-state index contributed by atoms with van der Waals surface area (Å²) in [6.45, 7) is 4.20. The maximum Gasteiger partial charge on any atom is 0.254 e. The summed E-state index contributed by atoms with van der Waals surface area (Å²) in [6.07, 6.45) is 0. The molecule has 0 atom stereocenters. The third-order valence-corrected chi connectivity index (χ3v) is 2.18. The number of rotatable bonds is 4. The maximum atomic E-state index is 11.3. The van der Waals surface area contributed by atoms with Gasteiger partial charge < -0.3 is 14.5 Å². The first-order valence-corrected chi connectivity index (χ1v) is 5.66. The average Bonchev–Trinajstić information content (AvgIpc) is 2.28. The summed E-state index contributed by atoms with van der Waals surface area (Å²) < 4.78 is 10.9. The zero-order chi connectivity index (χ0) is 13.0. The molecule has 0 aliphatic rings. The highest BCUT2D eigenvalue weighted by atomic mass is 16.5. The Morgan fingerprint density at radius 2 is 2.06 bits per heavy atom. The molecule has 0 radical (unpaired) electrons. The van der Waals surface area contributed by atoms with Crippen molar-refractivity contribution in [2.24, 2.45) is 0 Å². The van der Waals surface area contributed by atoms with Crippen LogP contribution < -0.4 is 15.0 Å². The van der Waals surface area contributed by atoms with E-state index >= 15 is 0 Å². The fourth-order valence-electron chi connectivity index (χ4n) is 1.52. The lowest BCUT2D eigenvalue weighted by atomic mass is 10.3. The summed E-state index contributed by atoms with van der Waals surface area (Å²) in [5, 5.41) is 0. The Labute approximate surface area is 104 Å². The van der Waals surface area contributed by atoms with Gasteiger partial charge in [-0.05, 0) is 26.0 Å². The normalized spacial score (nSPS) is 10.1. The second-order valence-corrected chi connectivity index (χ2v) is 3.68. The van der Waals surface area contributed by atoms with Gasteiger partial charge in [0.15, 0.2) is 0 Å². The van der Waals surface area contributed by atoms with E-state index in [9.17, 15) is 4.79 Å². The van der Waals surface area contributed by atoms with Crippen molar-refractivity contribution >= 4 is 0 Å². The van der Waals surface area contributed by atoms with Crippen LogP contribution in [0.2, 0.25) is 0 Å². The lowest BCUT2D eigenvalue weighted by molar-refractivity contribution is 0.338. The van der Waals surface area contributed by atoms with Crippen LogP contribution in [0.15, 0.2) is 35.1 Å².